The second kappa shape index (κ2) is 11.0. The summed E-state index contributed by atoms with van der Waals surface area (Å²) in [6, 6.07) is 0. The minimum Gasteiger partial charge on any atom is -0.298 e. The molecule has 0 aromatic heterocycles. The van der Waals surface area contributed by atoms with Gasteiger partial charge in [0.15, 0.2) is 0 Å². The number of carbonyl (C=O) groups is 2. The Morgan fingerprint density at radius 3 is 1.18 bits per heavy atom. The molecular weight excluding hydrogens is 408 g/mol. The van der Waals surface area contributed by atoms with Crippen molar-refractivity contribution in [2.24, 2.45) is 23.7 Å². The number of carbonyl (C=O) groups excluding carboxylic acids is 2. The lowest BCUT2D eigenvalue weighted by molar-refractivity contribution is -0.123. The fraction of sp³-hybridized carbons (Fsp3) is 0.889. The van der Waals surface area contributed by atoms with Crippen LogP contribution >= 0.6 is 31.9 Å². The van der Waals surface area contributed by atoms with Gasteiger partial charge in [-0.1, -0.05) is 45.7 Å². The molecule has 2 aliphatic rings. The maximum absolute atomic E-state index is 11.7. The van der Waals surface area contributed by atoms with Crippen LogP contribution < -0.4 is 0 Å². The maximum Gasteiger partial charge on any atom is 0.146 e. The molecule has 0 N–H and O–H groups in total. The molecule has 4 heteroatoms. The Morgan fingerprint density at radius 2 is 0.955 bits per heavy atom. The van der Waals surface area contributed by atoms with Gasteiger partial charge in [-0.2, -0.15) is 0 Å². The molecule has 0 heterocycles. The van der Waals surface area contributed by atoms with Crippen LogP contribution in [0.4, 0.5) is 0 Å². The van der Waals surface area contributed by atoms with Crippen molar-refractivity contribution in [3.05, 3.63) is 0 Å². The van der Waals surface area contributed by atoms with Crippen molar-refractivity contribution in [1.29, 1.82) is 0 Å². The third-order valence-corrected chi connectivity index (χ3v) is 6.49. The molecule has 22 heavy (non-hydrogen) atoms. The average molecular weight is 438 g/mol. The molecule has 0 aliphatic heterocycles. The van der Waals surface area contributed by atoms with Gasteiger partial charge >= 0.3 is 0 Å². The molecule has 0 spiro atoms. The predicted octanol–water partition coefficient (Wildman–Crippen LogP) is 5.55. The van der Waals surface area contributed by atoms with Crippen LogP contribution in [0, 0.1) is 23.7 Å². The highest BCUT2D eigenvalue weighted by atomic mass is 79.9. The summed E-state index contributed by atoms with van der Waals surface area (Å²) in [5.74, 6) is 2.97. The van der Waals surface area contributed by atoms with Gasteiger partial charge in [-0.3, -0.25) is 9.59 Å². The SMILES string of the molecule is CC.O=C(CBr)C1CCC(C2CCC(C(=O)CBr)CC2)CC1. The van der Waals surface area contributed by atoms with E-state index in [9.17, 15) is 9.59 Å². The Morgan fingerprint density at radius 1 is 0.682 bits per heavy atom. The van der Waals surface area contributed by atoms with Crippen LogP contribution in [0.15, 0.2) is 0 Å². The van der Waals surface area contributed by atoms with E-state index in [-0.39, 0.29) is 0 Å². The Labute approximate surface area is 152 Å². The third-order valence-electron chi connectivity index (χ3n) is 5.38. The van der Waals surface area contributed by atoms with Crippen LogP contribution in [0.5, 0.6) is 0 Å². The summed E-state index contributed by atoms with van der Waals surface area (Å²) in [6.45, 7) is 4.00. The summed E-state index contributed by atoms with van der Waals surface area (Å²) >= 11 is 6.57. The molecule has 2 nitrogen and oxygen atoms in total. The summed E-state index contributed by atoms with van der Waals surface area (Å²) < 4.78 is 0. The van der Waals surface area contributed by atoms with E-state index in [1.54, 1.807) is 0 Å². The van der Waals surface area contributed by atoms with Crippen molar-refractivity contribution in [1.82, 2.24) is 0 Å². The lowest BCUT2D eigenvalue weighted by atomic mass is 9.68. The maximum atomic E-state index is 11.7. The molecule has 0 unspecified atom stereocenters. The summed E-state index contributed by atoms with van der Waals surface area (Å²) in [5, 5.41) is 1.03. The molecule has 0 amide bonds. The highest BCUT2D eigenvalue weighted by Crippen LogP contribution is 2.41. The number of hydrogen-bond donors (Lipinski definition) is 0. The van der Waals surface area contributed by atoms with E-state index in [2.05, 4.69) is 31.9 Å². The number of halogens is 2. The van der Waals surface area contributed by atoms with Gasteiger partial charge in [-0.15, -0.1) is 0 Å². The molecule has 0 atom stereocenters. The molecule has 2 saturated carbocycles. The highest BCUT2D eigenvalue weighted by molar-refractivity contribution is 9.09. The van der Waals surface area contributed by atoms with Gasteiger partial charge in [-0.05, 0) is 63.2 Å². The Bertz CT molecular complexity index is 307. The quantitative estimate of drug-likeness (QED) is 0.528. The van der Waals surface area contributed by atoms with E-state index in [1.807, 2.05) is 13.8 Å². The topological polar surface area (TPSA) is 34.1 Å². The second-order valence-electron chi connectivity index (χ2n) is 6.42. The molecule has 2 aliphatic carbocycles. The zero-order valence-electron chi connectivity index (χ0n) is 14.0. The fourth-order valence-electron chi connectivity index (χ4n) is 4.04. The Balaban J connectivity index is 0.00000116. The molecule has 0 saturated heterocycles. The lowest BCUT2D eigenvalue weighted by Gasteiger charge is -2.37. The number of hydrogen-bond acceptors (Lipinski definition) is 2. The van der Waals surface area contributed by atoms with Crippen LogP contribution in [0.1, 0.15) is 65.2 Å². The third kappa shape index (κ3) is 5.74. The smallest absolute Gasteiger partial charge is 0.146 e. The van der Waals surface area contributed by atoms with Gasteiger partial charge in [0.05, 0.1) is 10.7 Å². The van der Waals surface area contributed by atoms with Gasteiger partial charge in [0.1, 0.15) is 11.6 Å². The number of rotatable bonds is 5. The number of alkyl halides is 2. The van der Waals surface area contributed by atoms with Crippen LogP contribution in [-0.2, 0) is 9.59 Å². The minimum atomic E-state index is 0.303. The van der Waals surface area contributed by atoms with E-state index in [0.717, 1.165) is 37.5 Å². The van der Waals surface area contributed by atoms with Gasteiger partial charge in [0.25, 0.3) is 0 Å². The Hall–Kier alpha value is 0.300. The van der Waals surface area contributed by atoms with E-state index < -0.39 is 0 Å². The number of Topliss-reactive ketones (excluding diaryl/α,β-unsaturated/α-hetero) is 2. The molecule has 0 aromatic carbocycles. The summed E-state index contributed by atoms with van der Waals surface area (Å²) in [7, 11) is 0. The van der Waals surface area contributed by atoms with Crippen molar-refractivity contribution in [3.8, 4) is 0 Å². The molecule has 2 rings (SSSR count). The van der Waals surface area contributed by atoms with Gasteiger partial charge in [0, 0.05) is 11.8 Å². The van der Waals surface area contributed by atoms with E-state index in [0.29, 0.717) is 34.1 Å². The predicted molar refractivity (Wildman–Crippen MR) is 99.8 cm³/mol. The normalized spacial score (nSPS) is 31.8. The minimum absolute atomic E-state index is 0.303. The van der Waals surface area contributed by atoms with Crippen LogP contribution in [-0.4, -0.2) is 22.2 Å². The Kier molecular flexibility index (Phi) is 10.1. The summed E-state index contributed by atoms with van der Waals surface area (Å²) in [4.78, 5) is 23.4. The van der Waals surface area contributed by atoms with Crippen LogP contribution in [0.3, 0.4) is 0 Å². The molecule has 0 radical (unpaired) electrons. The van der Waals surface area contributed by atoms with E-state index >= 15 is 0 Å². The fourth-order valence-corrected chi connectivity index (χ4v) is 4.96. The highest BCUT2D eigenvalue weighted by Gasteiger charge is 2.33. The molecule has 0 bridgehead atoms. The average Bonchev–Trinajstić information content (AvgIpc) is 2.62. The van der Waals surface area contributed by atoms with Crippen molar-refractivity contribution in [2.75, 3.05) is 10.7 Å². The first kappa shape index (κ1) is 20.3. The second-order valence-corrected chi connectivity index (χ2v) is 7.54. The van der Waals surface area contributed by atoms with Crippen molar-refractivity contribution < 1.29 is 9.59 Å². The largest absolute Gasteiger partial charge is 0.298 e. The zero-order valence-corrected chi connectivity index (χ0v) is 17.1. The van der Waals surface area contributed by atoms with Gasteiger partial charge in [-0.25, -0.2) is 0 Å². The van der Waals surface area contributed by atoms with Crippen molar-refractivity contribution in [3.63, 3.8) is 0 Å². The first-order chi connectivity index (χ1) is 10.7. The number of ketones is 2. The monoisotopic (exact) mass is 436 g/mol. The van der Waals surface area contributed by atoms with Gasteiger partial charge in [0.2, 0.25) is 0 Å². The van der Waals surface area contributed by atoms with Gasteiger partial charge < -0.3 is 0 Å². The first-order valence-corrected chi connectivity index (χ1v) is 11.1. The molecular formula is C18H30Br2O2. The van der Waals surface area contributed by atoms with Crippen molar-refractivity contribution >= 4 is 43.4 Å². The van der Waals surface area contributed by atoms with E-state index in [1.165, 1.54) is 25.7 Å². The molecule has 0 aromatic rings. The van der Waals surface area contributed by atoms with Crippen molar-refractivity contribution in [2.45, 2.75) is 65.2 Å². The first-order valence-electron chi connectivity index (χ1n) is 8.83. The molecule has 2 fully saturated rings. The lowest BCUT2D eigenvalue weighted by Crippen LogP contribution is -2.30. The summed E-state index contributed by atoms with van der Waals surface area (Å²) in [6.07, 6.45) is 9.17. The standard InChI is InChI=1S/C16H24Br2O2.C2H6/c17-9-15(19)13-5-1-11(2-6-13)12-3-7-14(8-4-12)16(20)10-18;1-2/h11-14H,1-10H2;1-2H3. The zero-order chi connectivity index (χ0) is 16.5. The van der Waals surface area contributed by atoms with E-state index in [4.69, 9.17) is 0 Å². The van der Waals surface area contributed by atoms with Crippen LogP contribution in [0.25, 0.3) is 0 Å². The molecule has 128 valence electrons. The van der Waals surface area contributed by atoms with Crippen LogP contribution in [0.2, 0.25) is 0 Å². The summed E-state index contributed by atoms with van der Waals surface area (Å²) in [5.41, 5.74) is 0.